The van der Waals surface area contributed by atoms with Crippen molar-refractivity contribution < 1.29 is 16.8 Å². The lowest BCUT2D eigenvalue weighted by atomic mass is 10.1. The molecule has 0 N–H and O–H groups in total. The average Bonchev–Trinajstić information content (AvgIpc) is 2.53. The van der Waals surface area contributed by atoms with Crippen LogP contribution in [0.4, 0.5) is 0 Å². The third-order valence-electron chi connectivity index (χ3n) is 3.63. The molecule has 0 bridgehead atoms. The first-order chi connectivity index (χ1) is 10.8. The second-order valence-corrected chi connectivity index (χ2v) is 10.9. The van der Waals surface area contributed by atoms with Crippen LogP contribution in [0.5, 0.6) is 0 Å². The monoisotopic (exact) mass is 352 g/mol. The molecule has 0 aliphatic rings. The van der Waals surface area contributed by atoms with Gasteiger partial charge in [0.1, 0.15) is 0 Å². The van der Waals surface area contributed by atoms with Crippen molar-refractivity contribution in [3.05, 3.63) is 59.7 Å². The molecule has 0 aliphatic heterocycles. The molecule has 0 aromatic heterocycles. The van der Waals surface area contributed by atoms with Gasteiger partial charge in [-0.2, -0.15) is 0 Å². The summed E-state index contributed by atoms with van der Waals surface area (Å²) in [7, 11) is -8.94. The Morgan fingerprint density at radius 1 is 0.739 bits per heavy atom. The van der Waals surface area contributed by atoms with E-state index in [0.717, 1.165) is 30.4 Å². The molecule has 6 heteroatoms. The maximum atomic E-state index is 12.5. The molecule has 0 amide bonds. The minimum absolute atomic E-state index is 0.196. The highest BCUT2D eigenvalue weighted by atomic mass is 33.2. The fourth-order valence-corrected chi connectivity index (χ4v) is 5.79. The maximum absolute atomic E-state index is 12.5. The lowest BCUT2D eigenvalue weighted by molar-refractivity contribution is 0.582. The number of aryl methyl sites for hydroxylation is 2. The van der Waals surface area contributed by atoms with Gasteiger partial charge in [-0.05, 0) is 49.6 Å². The molecular formula is C17H20O4S2. The minimum Gasteiger partial charge on any atom is -0.207 e. The Balaban J connectivity index is 2.39. The summed E-state index contributed by atoms with van der Waals surface area (Å²) in [5, 5.41) is 0. The summed E-state index contributed by atoms with van der Waals surface area (Å²) in [5.41, 5.74) is 1.86. The summed E-state index contributed by atoms with van der Waals surface area (Å²) in [6, 6.07) is 11.9. The number of hydrogen-bond donors (Lipinski definition) is 0. The Hall–Kier alpha value is -1.66. The van der Waals surface area contributed by atoms with Crippen LogP contribution in [0.2, 0.25) is 0 Å². The first kappa shape index (κ1) is 17.7. The van der Waals surface area contributed by atoms with Crippen molar-refractivity contribution in [2.45, 2.75) is 42.9 Å². The largest absolute Gasteiger partial charge is 0.286 e. The minimum atomic E-state index is -4.47. The molecule has 2 aromatic rings. The second kappa shape index (κ2) is 6.84. The second-order valence-electron chi connectivity index (χ2n) is 5.47. The molecule has 0 spiro atoms. The van der Waals surface area contributed by atoms with Gasteiger partial charge in [-0.3, -0.25) is 0 Å². The van der Waals surface area contributed by atoms with Gasteiger partial charge in [0, 0.05) is 0 Å². The molecule has 0 radical (unpaired) electrons. The van der Waals surface area contributed by atoms with E-state index in [1.54, 1.807) is 31.2 Å². The van der Waals surface area contributed by atoms with Gasteiger partial charge in [0.2, 0.25) is 0 Å². The van der Waals surface area contributed by atoms with Crippen LogP contribution in [0.1, 0.15) is 30.9 Å². The van der Waals surface area contributed by atoms with Crippen LogP contribution in [0.15, 0.2) is 58.3 Å². The van der Waals surface area contributed by atoms with Crippen molar-refractivity contribution in [1.82, 2.24) is 0 Å². The SMILES string of the molecule is CCCCc1ccc(S(=O)(=O)S(=O)(=O)c2ccc(C)cc2)cc1. The molecular weight excluding hydrogens is 332 g/mol. The molecule has 0 aliphatic carbocycles. The molecule has 0 saturated heterocycles. The van der Waals surface area contributed by atoms with Gasteiger partial charge in [-0.1, -0.05) is 43.2 Å². The Morgan fingerprint density at radius 3 is 1.61 bits per heavy atom. The van der Waals surface area contributed by atoms with E-state index in [0.29, 0.717) is 0 Å². The highest BCUT2D eigenvalue weighted by Crippen LogP contribution is 2.25. The van der Waals surface area contributed by atoms with Gasteiger partial charge >= 0.3 is 0 Å². The zero-order valence-corrected chi connectivity index (χ0v) is 14.8. The van der Waals surface area contributed by atoms with E-state index in [4.69, 9.17) is 0 Å². The molecule has 0 fully saturated rings. The van der Waals surface area contributed by atoms with Gasteiger partial charge in [-0.15, -0.1) is 0 Å². The van der Waals surface area contributed by atoms with Crippen LogP contribution in [0.25, 0.3) is 0 Å². The lowest BCUT2D eigenvalue weighted by Crippen LogP contribution is -2.16. The predicted molar refractivity (Wildman–Crippen MR) is 90.6 cm³/mol. The standard InChI is InChI=1S/C17H20O4S2/c1-3-4-5-15-8-12-17(13-9-15)23(20,21)22(18,19)16-10-6-14(2)7-11-16/h6-13H,3-5H2,1-2H3. The van der Waals surface area contributed by atoms with E-state index in [9.17, 15) is 16.8 Å². The molecule has 0 atom stereocenters. The van der Waals surface area contributed by atoms with Crippen LogP contribution in [0, 0.1) is 6.92 Å². The van der Waals surface area contributed by atoms with E-state index in [2.05, 4.69) is 6.92 Å². The number of rotatable bonds is 6. The van der Waals surface area contributed by atoms with Gasteiger partial charge in [0.05, 0.1) is 9.79 Å². The van der Waals surface area contributed by atoms with Gasteiger partial charge in [-0.25, -0.2) is 16.8 Å². The van der Waals surface area contributed by atoms with E-state index in [1.807, 2.05) is 0 Å². The average molecular weight is 352 g/mol. The zero-order valence-electron chi connectivity index (χ0n) is 13.2. The summed E-state index contributed by atoms with van der Waals surface area (Å²) in [5.74, 6) is 0. The predicted octanol–water partition coefficient (Wildman–Crippen LogP) is 3.50. The lowest BCUT2D eigenvalue weighted by Gasteiger charge is -2.08. The van der Waals surface area contributed by atoms with E-state index >= 15 is 0 Å². The van der Waals surface area contributed by atoms with E-state index in [-0.39, 0.29) is 9.79 Å². The Morgan fingerprint density at radius 2 is 1.17 bits per heavy atom. The number of hydrogen-bond acceptors (Lipinski definition) is 4. The van der Waals surface area contributed by atoms with Crippen molar-refractivity contribution in [3.63, 3.8) is 0 Å². The van der Waals surface area contributed by atoms with Crippen LogP contribution in [0.3, 0.4) is 0 Å². The molecule has 0 saturated carbocycles. The quantitative estimate of drug-likeness (QED) is 0.746. The van der Waals surface area contributed by atoms with Crippen molar-refractivity contribution in [3.8, 4) is 0 Å². The molecule has 23 heavy (non-hydrogen) atoms. The molecule has 2 rings (SSSR count). The Bertz CT molecular complexity index is 863. The fourth-order valence-electron chi connectivity index (χ4n) is 2.16. The van der Waals surface area contributed by atoms with Crippen LogP contribution < -0.4 is 0 Å². The summed E-state index contributed by atoms with van der Waals surface area (Å²) < 4.78 is 49.8. The zero-order chi connectivity index (χ0) is 17.1. The van der Waals surface area contributed by atoms with Crippen molar-refractivity contribution >= 4 is 17.7 Å². The van der Waals surface area contributed by atoms with E-state index < -0.39 is 17.7 Å². The summed E-state index contributed by atoms with van der Waals surface area (Å²) >= 11 is 0. The van der Waals surface area contributed by atoms with Gasteiger partial charge < -0.3 is 0 Å². The van der Waals surface area contributed by atoms with Crippen molar-refractivity contribution in [2.75, 3.05) is 0 Å². The van der Waals surface area contributed by atoms with Crippen LogP contribution in [-0.4, -0.2) is 16.8 Å². The summed E-state index contributed by atoms with van der Waals surface area (Å²) in [4.78, 5) is -0.406. The molecule has 2 aromatic carbocycles. The summed E-state index contributed by atoms with van der Waals surface area (Å²) in [6.45, 7) is 3.88. The normalized spacial score (nSPS) is 12.3. The Labute approximate surface area is 137 Å². The number of unbranched alkanes of at least 4 members (excludes halogenated alkanes) is 1. The molecule has 124 valence electrons. The van der Waals surface area contributed by atoms with E-state index in [1.165, 1.54) is 24.3 Å². The molecule has 0 heterocycles. The fraction of sp³-hybridized carbons (Fsp3) is 0.294. The van der Waals surface area contributed by atoms with Gasteiger partial charge in [0.25, 0.3) is 17.7 Å². The molecule has 0 unspecified atom stereocenters. The first-order valence-electron chi connectivity index (χ1n) is 7.44. The van der Waals surface area contributed by atoms with Crippen LogP contribution in [-0.2, 0) is 24.2 Å². The summed E-state index contributed by atoms with van der Waals surface area (Å²) in [6.07, 6.45) is 2.90. The molecule has 4 nitrogen and oxygen atoms in total. The first-order valence-corrected chi connectivity index (χ1v) is 10.9. The van der Waals surface area contributed by atoms with Crippen LogP contribution >= 0.6 is 0 Å². The topological polar surface area (TPSA) is 68.3 Å². The Kier molecular flexibility index (Phi) is 5.26. The third kappa shape index (κ3) is 3.64. The third-order valence-corrected chi connectivity index (χ3v) is 8.79. The van der Waals surface area contributed by atoms with Crippen molar-refractivity contribution in [2.24, 2.45) is 0 Å². The highest BCUT2D eigenvalue weighted by Gasteiger charge is 2.33. The highest BCUT2D eigenvalue weighted by molar-refractivity contribution is 8.67. The smallest absolute Gasteiger partial charge is 0.207 e. The maximum Gasteiger partial charge on any atom is 0.286 e. The number of benzene rings is 2. The van der Waals surface area contributed by atoms with Gasteiger partial charge in [0.15, 0.2) is 0 Å². The van der Waals surface area contributed by atoms with Crippen molar-refractivity contribution in [1.29, 1.82) is 0 Å².